The average Bonchev–Trinajstić information content (AvgIpc) is 3.15. The van der Waals surface area contributed by atoms with Crippen molar-refractivity contribution in [3.8, 4) is 0 Å². The van der Waals surface area contributed by atoms with Crippen LogP contribution in [-0.4, -0.2) is 53.4 Å². The van der Waals surface area contributed by atoms with E-state index in [9.17, 15) is 14.4 Å². The Morgan fingerprint density at radius 2 is 1.84 bits per heavy atom. The number of hydrogen-bond acceptors (Lipinski definition) is 4. The minimum absolute atomic E-state index is 0.104. The molecule has 0 aromatic heterocycles. The highest BCUT2D eigenvalue weighted by Gasteiger charge is 2.39. The topological polar surface area (TPSA) is 66.9 Å². The number of hydrogen-bond donors (Lipinski definition) is 0. The molecule has 2 heterocycles. The minimum Gasteiger partial charge on any atom is -0.439 e. The van der Waals surface area contributed by atoms with Crippen LogP contribution in [0.4, 0.5) is 4.79 Å². The van der Waals surface area contributed by atoms with E-state index in [1.54, 1.807) is 0 Å². The zero-order valence-electron chi connectivity index (χ0n) is 10.8. The number of rotatable bonds is 3. The molecule has 0 unspecified atom stereocenters. The average molecular weight is 266 g/mol. The third-order valence-electron chi connectivity index (χ3n) is 4.13. The van der Waals surface area contributed by atoms with Crippen molar-refractivity contribution in [3.63, 3.8) is 0 Å². The Labute approximate surface area is 111 Å². The van der Waals surface area contributed by atoms with Crippen LogP contribution in [0, 0.1) is 5.92 Å². The highest BCUT2D eigenvalue weighted by molar-refractivity contribution is 5.98. The first kappa shape index (κ1) is 12.4. The molecule has 3 fully saturated rings. The van der Waals surface area contributed by atoms with Gasteiger partial charge in [-0.3, -0.25) is 9.59 Å². The standard InChI is InChI=1S/C13H18N2O4/c16-11(7-9-1-2-9)14-5-3-10(4-6-14)15-12(17)8-19-13(15)18/h9-10H,1-8H2. The van der Waals surface area contributed by atoms with E-state index in [1.165, 1.54) is 17.7 Å². The molecule has 1 aliphatic carbocycles. The fourth-order valence-corrected chi connectivity index (χ4v) is 2.79. The van der Waals surface area contributed by atoms with Crippen LogP contribution in [-0.2, 0) is 14.3 Å². The summed E-state index contributed by atoms with van der Waals surface area (Å²) in [5, 5.41) is 0. The van der Waals surface area contributed by atoms with Gasteiger partial charge in [0.1, 0.15) is 0 Å². The molecule has 104 valence electrons. The molecule has 0 radical (unpaired) electrons. The maximum atomic E-state index is 12.0. The van der Waals surface area contributed by atoms with Gasteiger partial charge in [-0.1, -0.05) is 0 Å². The highest BCUT2D eigenvalue weighted by Crippen LogP contribution is 2.33. The molecule has 0 spiro atoms. The SMILES string of the molecule is O=C(CC1CC1)N1CCC(N2C(=O)COC2=O)CC1. The first-order valence-corrected chi connectivity index (χ1v) is 6.91. The summed E-state index contributed by atoms with van der Waals surface area (Å²) in [5.74, 6) is 0.560. The van der Waals surface area contributed by atoms with E-state index in [-0.39, 0.29) is 24.5 Å². The predicted octanol–water partition coefficient (Wildman–Crippen LogP) is 0.756. The largest absolute Gasteiger partial charge is 0.439 e. The van der Waals surface area contributed by atoms with Gasteiger partial charge in [-0.05, 0) is 31.6 Å². The molecule has 6 nitrogen and oxygen atoms in total. The van der Waals surface area contributed by atoms with Crippen molar-refractivity contribution in [2.75, 3.05) is 19.7 Å². The number of carbonyl (C=O) groups is 3. The Hall–Kier alpha value is -1.59. The van der Waals surface area contributed by atoms with Crippen LogP contribution in [0.1, 0.15) is 32.1 Å². The first-order valence-electron chi connectivity index (χ1n) is 6.91. The maximum absolute atomic E-state index is 12.0. The molecule has 19 heavy (non-hydrogen) atoms. The molecule has 0 aromatic carbocycles. The Bertz CT molecular complexity index is 395. The second-order valence-corrected chi connectivity index (χ2v) is 5.58. The van der Waals surface area contributed by atoms with Crippen molar-refractivity contribution in [2.45, 2.75) is 38.1 Å². The van der Waals surface area contributed by atoms with E-state index in [2.05, 4.69) is 0 Å². The number of piperidine rings is 1. The summed E-state index contributed by atoms with van der Waals surface area (Å²) < 4.78 is 4.72. The Morgan fingerprint density at radius 3 is 2.37 bits per heavy atom. The summed E-state index contributed by atoms with van der Waals surface area (Å²) in [6.07, 6.45) is 3.81. The predicted molar refractivity (Wildman–Crippen MR) is 65.1 cm³/mol. The van der Waals surface area contributed by atoms with Crippen LogP contribution in [0.25, 0.3) is 0 Å². The van der Waals surface area contributed by atoms with Gasteiger partial charge in [0.2, 0.25) is 5.91 Å². The van der Waals surface area contributed by atoms with Gasteiger partial charge in [0.05, 0.1) is 0 Å². The number of ether oxygens (including phenoxy) is 1. The van der Waals surface area contributed by atoms with Gasteiger partial charge >= 0.3 is 6.09 Å². The van der Waals surface area contributed by atoms with Gasteiger partial charge in [0.25, 0.3) is 5.91 Å². The highest BCUT2D eigenvalue weighted by atomic mass is 16.6. The lowest BCUT2D eigenvalue weighted by Crippen LogP contribution is -2.48. The lowest BCUT2D eigenvalue weighted by molar-refractivity contribution is -0.133. The molecular formula is C13H18N2O4. The summed E-state index contributed by atoms with van der Waals surface area (Å²) in [4.78, 5) is 38.1. The maximum Gasteiger partial charge on any atom is 0.417 e. The Balaban J connectivity index is 1.52. The van der Waals surface area contributed by atoms with Crippen molar-refractivity contribution in [2.24, 2.45) is 5.92 Å². The Morgan fingerprint density at radius 1 is 1.16 bits per heavy atom. The van der Waals surface area contributed by atoms with Crippen molar-refractivity contribution in [1.29, 1.82) is 0 Å². The number of nitrogens with zero attached hydrogens (tertiary/aromatic N) is 2. The van der Waals surface area contributed by atoms with Gasteiger partial charge in [0, 0.05) is 25.6 Å². The number of amides is 3. The van der Waals surface area contributed by atoms with Crippen LogP contribution in [0.3, 0.4) is 0 Å². The number of cyclic esters (lactones) is 1. The molecule has 3 rings (SSSR count). The van der Waals surface area contributed by atoms with Gasteiger partial charge < -0.3 is 9.64 Å². The quantitative estimate of drug-likeness (QED) is 0.756. The molecule has 3 aliphatic rings. The van der Waals surface area contributed by atoms with E-state index in [1.807, 2.05) is 4.90 Å². The minimum atomic E-state index is -0.534. The van der Waals surface area contributed by atoms with Crippen molar-refractivity contribution < 1.29 is 19.1 Å². The van der Waals surface area contributed by atoms with Gasteiger partial charge in [0.15, 0.2) is 6.61 Å². The monoisotopic (exact) mass is 266 g/mol. The molecule has 6 heteroatoms. The Kier molecular flexibility index (Phi) is 3.16. The third-order valence-corrected chi connectivity index (χ3v) is 4.13. The van der Waals surface area contributed by atoms with Crippen molar-refractivity contribution in [3.05, 3.63) is 0 Å². The summed E-state index contributed by atoms with van der Waals surface area (Å²) in [6.45, 7) is 1.13. The van der Waals surface area contributed by atoms with Crippen LogP contribution >= 0.6 is 0 Å². The lowest BCUT2D eigenvalue weighted by Gasteiger charge is -2.34. The molecule has 0 N–H and O–H groups in total. The summed E-state index contributed by atoms with van der Waals surface area (Å²) >= 11 is 0. The van der Waals surface area contributed by atoms with E-state index < -0.39 is 6.09 Å². The van der Waals surface area contributed by atoms with E-state index in [4.69, 9.17) is 4.74 Å². The normalized spacial score (nSPS) is 24.8. The van der Waals surface area contributed by atoms with E-state index in [0.717, 1.165) is 0 Å². The lowest BCUT2D eigenvalue weighted by atomic mass is 10.0. The van der Waals surface area contributed by atoms with Crippen LogP contribution in [0.15, 0.2) is 0 Å². The second kappa shape index (κ2) is 4.83. The van der Waals surface area contributed by atoms with Crippen LogP contribution < -0.4 is 0 Å². The van der Waals surface area contributed by atoms with Crippen molar-refractivity contribution >= 4 is 17.9 Å². The van der Waals surface area contributed by atoms with Crippen LogP contribution in [0.2, 0.25) is 0 Å². The molecule has 2 aliphatic heterocycles. The molecular weight excluding hydrogens is 248 g/mol. The number of imide groups is 1. The van der Waals surface area contributed by atoms with Gasteiger partial charge in [-0.2, -0.15) is 0 Å². The molecule has 1 saturated carbocycles. The fourth-order valence-electron chi connectivity index (χ4n) is 2.79. The van der Waals surface area contributed by atoms with Crippen LogP contribution in [0.5, 0.6) is 0 Å². The van der Waals surface area contributed by atoms with Gasteiger partial charge in [-0.25, -0.2) is 9.69 Å². The molecule has 3 amide bonds. The number of likely N-dealkylation sites (tertiary alicyclic amines) is 1. The summed E-state index contributed by atoms with van der Waals surface area (Å²) in [5.41, 5.74) is 0. The second-order valence-electron chi connectivity index (χ2n) is 5.58. The smallest absolute Gasteiger partial charge is 0.417 e. The first-order chi connectivity index (χ1) is 9.15. The number of carbonyl (C=O) groups excluding carboxylic acids is 3. The summed E-state index contributed by atoms with van der Waals surface area (Å²) in [6, 6.07) is -0.104. The zero-order valence-corrected chi connectivity index (χ0v) is 10.8. The molecule has 0 aromatic rings. The van der Waals surface area contributed by atoms with E-state index in [0.29, 0.717) is 38.3 Å². The third kappa shape index (κ3) is 2.57. The molecule has 0 bridgehead atoms. The van der Waals surface area contributed by atoms with E-state index >= 15 is 0 Å². The fraction of sp³-hybridized carbons (Fsp3) is 0.769. The molecule has 0 atom stereocenters. The van der Waals surface area contributed by atoms with Crippen molar-refractivity contribution in [1.82, 2.24) is 9.80 Å². The van der Waals surface area contributed by atoms with Gasteiger partial charge in [-0.15, -0.1) is 0 Å². The molecule has 2 saturated heterocycles. The zero-order chi connectivity index (χ0) is 13.4. The summed E-state index contributed by atoms with van der Waals surface area (Å²) in [7, 11) is 0.